The second-order valence-electron chi connectivity index (χ2n) is 6.71. The van der Waals surface area contributed by atoms with Gasteiger partial charge in [0.2, 0.25) is 0 Å². The first-order valence-electron chi connectivity index (χ1n) is 8.25. The second kappa shape index (κ2) is 4.54. The van der Waals surface area contributed by atoms with Crippen molar-refractivity contribution in [2.24, 2.45) is 0 Å². The van der Waals surface area contributed by atoms with Gasteiger partial charge in [-0.2, -0.15) is 0 Å². The first kappa shape index (κ1) is 13.9. The number of aliphatic hydroxyl groups is 1. The van der Waals surface area contributed by atoms with Crippen LogP contribution in [0.1, 0.15) is 34.7 Å². The fourth-order valence-corrected chi connectivity index (χ4v) is 4.63. The number of aromatic amines is 1. The minimum atomic E-state index is -0.840. The number of hydrogen-bond acceptors (Lipinski definition) is 3. The zero-order chi connectivity index (χ0) is 16.5. The van der Waals surface area contributed by atoms with Crippen molar-refractivity contribution in [1.82, 2.24) is 4.98 Å². The summed E-state index contributed by atoms with van der Waals surface area (Å²) in [6.07, 6.45) is 1.54. The Labute approximate surface area is 140 Å². The van der Waals surface area contributed by atoms with Gasteiger partial charge >= 0.3 is 0 Å². The van der Waals surface area contributed by atoms with Crippen molar-refractivity contribution >= 4 is 10.9 Å². The standard InChI is InChI=1S/C20H19NO3/c1-23-11-6-7-14-13(10-11)17-15(21-14)8-9-20(22)18-12(19(17)20)4-3-5-16(18)24-2/h3-7,10,19,21-22H,8-9H2,1-2H3. The third-order valence-electron chi connectivity index (χ3n) is 5.67. The predicted octanol–water partition coefficient (Wildman–Crippen LogP) is 3.46. The smallest absolute Gasteiger partial charge is 0.125 e. The molecule has 2 aromatic carbocycles. The van der Waals surface area contributed by atoms with Gasteiger partial charge in [-0.1, -0.05) is 12.1 Å². The molecule has 3 aromatic rings. The highest BCUT2D eigenvalue weighted by Crippen LogP contribution is 2.62. The predicted molar refractivity (Wildman–Crippen MR) is 91.9 cm³/mol. The topological polar surface area (TPSA) is 54.5 Å². The van der Waals surface area contributed by atoms with Crippen molar-refractivity contribution in [1.29, 1.82) is 0 Å². The number of ether oxygens (including phenoxy) is 2. The Bertz CT molecular complexity index is 974. The fourth-order valence-electron chi connectivity index (χ4n) is 4.63. The van der Waals surface area contributed by atoms with Crippen LogP contribution in [0.25, 0.3) is 10.9 Å². The van der Waals surface area contributed by atoms with Gasteiger partial charge in [-0.05, 0) is 48.2 Å². The summed E-state index contributed by atoms with van der Waals surface area (Å²) in [5.41, 5.74) is 4.82. The summed E-state index contributed by atoms with van der Waals surface area (Å²) < 4.78 is 10.9. The maximum atomic E-state index is 11.4. The van der Waals surface area contributed by atoms with Crippen LogP contribution >= 0.6 is 0 Å². The Balaban J connectivity index is 1.79. The van der Waals surface area contributed by atoms with Crippen LogP contribution < -0.4 is 9.47 Å². The molecule has 0 saturated carbocycles. The number of aromatic nitrogens is 1. The van der Waals surface area contributed by atoms with E-state index in [1.807, 2.05) is 18.2 Å². The normalized spacial score (nSPS) is 23.9. The van der Waals surface area contributed by atoms with Gasteiger partial charge in [-0.25, -0.2) is 0 Å². The molecule has 2 aliphatic carbocycles. The second-order valence-corrected chi connectivity index (χ2v) is 6.71. The lowest BCUT2D eigenvalue weighted by Crippen LogP contribution is -2.47. The Kier molecular flexibility index (Phi) is 2.64. The number of H-pyrrole nitrogens is 1. The van der Waals surface area contributed by atoms with Crippen molar-refractivity contribution in [2.75, 3.05) is 14.2 Å². The number of hydrogen-bond donors (Lipinski definition) is 2. The summed E-state index contributed by atoms with van der Waals surface area (Å²) >= 11 is 0. The van der Waals surface area contributed by atoms with Crippen molar-refractivity contribution in [2.45, 2.75) is 24.4 Å². The van der Waals surface area contributed by atoms with E-state index in [9.17, 15) is 5.11 Å². The van der Waals surface area contributed by atoms with E-state index in [4.69, 9.17) is 9.47 Å². The molecular weight excluding hydrogens is 302 g/mol. The van der Waals surface area contributed by atoms with E-state index < -0.39 is 5.60 Å². The first-order chi connectivity index (χ1) is 11.7. The van der Waals surface area contributed by atoms with Crippen molar-refractivity contribution < 1.29 is 14.6 Å². The van der Waals surface area contributed by atoms with Gasteiger partial charge in [-0.15, -0.1) is 0 Å². The SMILES string of the molecule is COc1ccc2[nH]c3c(c2c1)C1c2cccc(OC)c2C1(O)CC3. The highest BCUT2D eigenvalue weighted by Gasteiger charge is 2.56. The number of rotatable bonds is 2. The van der Waals surface area contributed by atoms with Gasteiger partial charge < -0.3 is 19.6 Å². The molecule has 0 aliphatic heterocycles. The summed E-state index contributed by atoms with van der Waals surface area (Å²) in [5, 5.41) is 12.6. The van der Waals surface area contributed by atoms with Crippen LogP contribution in [0.2, 0.25) is 0 Å². The molecule has 0 saturated heterocycles. The van der Waals surface area contributed by atoms with Gasteiger partial charge in [0, 0.05) is 28.1 Å². The molecule has 122 valence electrons. The number of nitrogens with one attached hydrogen (secondary N) is 1. The Morgan fingerprint density at radius 3 is 2.83 bits per heavy atom. The third-order valence-corrected chi connectivity index (χ3v) is 5.67. The molecule has 2 atom stereocenters. The Hall–Kier alpha value is -2.46. The number of fused-ring (bicyclic) bond motifs is 8. The monoisotopic (exact) mass is 321 g/mol. The highest BCUT2D eigenvalue weighted by atomic mass is 16.5. The summed E-state index contributed by atoms with van der Waals surface area (Å²) in [4.78, 5) is 3.53. The lowest BCUT2D eigenvalue weighted by Gasteiger charge is -2.51. The van der Waals surface area contributed by atoms with Crippen LogP contribution in [-0.4, -0.2) is 24.3 Å². The van der Waals surface area contributed by atoms with Crippen LogP contribution in [0.4, 0.5) is 0 Å². The van der Waals surface area contributed by atoms with Gasteiger partial charge in [0.05, 0.1) is 14.2 Å². The molecule has 1 aromatic heterocycles. The lowest BCUT2D eigenvalue weighted by atomic mass is 9.56. The summed E-state index contributed by atoms with van der Waals surface area (Å²) in [6, 6.07) is 12.1. The van der Waals surface area contributed by atoms with Gasteiger partial charge in [0.15, 0.2) is 0 Å². The molecule has 4 nitrogen and oxygen atoms in total. The quantitative estimate of drug-likeness (QED) is 0.760. The molecule has 0 fully saturated rings. The molecule has 0 spiro atoms. The lowest BCUT2D eigenvalue weighted by molar-refractivity contribution is -0.0237. The number of benzene rings is 2. The van der Waals surface area contributed by atoms with E-state index in [2.05, 4.69) is 23.2 Å². The molecule has 0 radical (unpaired) electrons. The summed E-state index contributed by atoms with van der Waals surface area (Å²) in [6.45, 7) is 0. The van der Waals surface area contributed by atoms with Crippen molar-refractivity contribution in [3.8, 4) is 11.5 Å². The van der Waals surface area contributed by atoms with E-state index in [0.717, 1.165) is 34.4 Å². The Morgan fingerprint density at radius 1 is 1.17 bits per heavy atom. The maximum Gasteiger partial charge on any atom is 0.125 e. The average Bonchev–Trinajstić information content (AvgIpc) is 2.96. The zero-order valence-electron chi connectivity index (χ0n) is 13.7. The first-order valence-corrected chi connectivity index (χ1v) is 8.25. The van der Waals surface area contributed by atoms with E-state index in [0.29, 0.717) is 6.42 Å². The van der Waals surface area contributed by atoms with E-state index >= 15 is 0 Å². The maximum absolute atomic E-state index is 11.4. The molecule has 2 aliphatic rings. The molecule has 2 unspecified atom stereocenters. The number of methoxy groups -OCH3 is 2. The van der Waals surface area contributed by atoms with Gasteiger partial charge in [0.1, 0.15) is 17.1 Å². The molecule has 0 bridgehead atoms. The minimum absolute atomic E-state index is 0.00722. The van der Waals surface area contributed by atoms with Gasteiger partial charge in [0.25, 0.3) is 0 Å². The largest absolute Gasteiger partial charge is 0.497 e. The summed E-state index contributed by atoms with van der Waals surface area (Å²) in [7, 11) is 3.34. The average molecular weight is 321 g/mol. The number of aryl methyl sites for hydroxylation is 1. The zero-order valence-corrected chi connectivity index (χ0v) is 13.7. The Morgan fingerprint density at radius 2 is 2.04 bits per heavy atom. The molecular formula is C20H19NO3. The molecule has 5 rings (SSSR count). The molecule has 1 heterocycles. The van der Waals surface area contributed by atoms with E-state index in [1.54, 1.807) is 14.2 Å². The third kappa shape index (κ3) is 1.52. The van der Waals surface area contributed by atoms with Crippen LogP contribution in [0.15, 0.2) is 36.4 Å². The summed E-state index contributed by atoms with van der Waals surface area (Å²) in [5.74, 6) is 1.61. The fraction of sp³-hybridized carbons (Fsp3) is 0.300. The van der Waals surface area contributed by atoms with Crippen LogP contribution in [0, 0.1) is 0 Å². The van der Waals surface area contributed by atoms with Crippen LogP contribution in [-0.2, 0) is 12.0 Å². The molecule has 0 amide bonds. The van der Waals surface area contributed by atoms with E-state index in [-0.39, 0.29) is 5.92 Å². The van der Waals surface area contributed by atoms with Crippen molar-refractivity contribution in [3.63, 3.8) is 0 Å². The highest BCUT2D eigenvalue weighted by molar-refractivity contribution is 5.89. The van der Waals surface area contributed by atoms with Crippen molar-refractivity contribution in [3.05, 3.63) is 58.8 Å². The molecule has 4 heteroatoms. The van der Waals surface area contributed by atoms with Crippen LogP contribution in [0.5, 0.6) is 11.5 Å². The molecule has 24 heavy (non-hydrogen) atoms. The van der Waals surface area contributed by atoms with Gasteiger partial charge in [-0.3, -0.25) is 0 Å². The van der Waals surface area contributed by atoms with Crippen LogP contribution in [0.3, 0.4) is 0 Å². The molecule has 2 N–H and O–H groups in total. The van der Waals surface area contributed by atoms with E-state index in [1.165, 1.54) is 16.8 Å². The minimum Gasteiger partial charge on any atom is -0.497 e.